The van der Waals surface area contributed by atoms with Crippen LogP contribution in [0.15, 0.2) is 6.20 Å². The molecule has 1 heterocycles. The van der Waals surface area contributed by atoms with Crippen LogP contribution in [0, 0.1) is 10.8 Å². The Kier molecular flexibility index (Phi) is 4.27. The topological polar surface area (TPSA) is 77.0 Å². The quantitative estimate of drug-likeness (QED) is 0.782. The predicted molar refractivity (Wildman–Crippen MR) is 67.2 cm³/mol. The van der Waals surface area contributed by atoms with Crippen molar-refractivity contribution in [2.24, 2.45) is 16.6 Å². The lowest BCUT2D eigenvalue weighted by Crippen LogP contribution is -2.29. The molecule has 1 aromatic heterocycles. The van der Waals surface area contributed by atoms with Gasteiger partial charge in [-0.05, 0) is 17.3 Å². The minimum Gasteiger partial charge on any atom is -0.396 e. The highest BCUT2D eigenvalue weighted by Crippen LogP contribution is 2.34. The van der Waals surface area contributed by atoms with E-state index in [-0.39, 0.29) is 17.4 Å². The maximum atomic E-state index is 9.31. The van der Waals surface area contributed by atoms with Gasteiger partial charge in [-0.15, -0.1) is 5.10 Å². The summed E-state index contributed by atoms with van der Waals surface area (Å²) >= 11 is 0. The normalized spacial score (nSPS) is 13.1. The number of nitrogens with two attached hydrogens (primary N) is 1. The predicted octanol–water partition coefficient (Wildman–Crippen LogP) is 1.17. The Labute approximate surface area is 103 Å². The number of rotatable bonds is 6. The second-order valence-corrected chi connectivity index (χ2v) is 6.27. The SMILES string of the molecule is CC(C)(CO)CC(C)(C)Cn1cc(CN)nn1. The smallest absolute Gasteiger partial charge is 0.0962 e. The van der Waals surface area contributed by atoms with Crippen LogP contribution in [0.1, 0.15) is 39.8 Å². The van der Waals surface area contributed by atoms with E-state index in [1.54, 1.807) is 0 Å². The van der Waals surface area contributed by atoms with Crippen molar-refractivity contribution in [1.29, 1.82) is 0 Å². The van der Waals surface area contributed by atoms with E-state index in [9.17, 15) is 5.11 Å². The van der Waals surface area contributed by atoms with E-state index in [2.05, 4.69) is 38.0 Å². The van der Waals surface area contributed by atoms with Gasteiger partial charge in [0.05, 0.1) is 5.69 Å². The maximum absolute atomic E-state index is 9.31. The second-order valence-electron chi connectivity index (χ2n) is 6.27. The van der Waals surface area contributed by atoms with Crippen molar-refractivity contribution < 1.29 is 5.11 Å². The number of aliphatic hydroxyl groups excluding tert-OH is 1. The number of hydrogen-bond donors (Lipinski definition) is 2. The molecule has 5 nitrogen and oxygen atoms in total. The molecule has 17 heavy (non-hydrogen) atoms. The summed E-state index contributed by atoms with van der Waals surface area (Å²) in [5, 5.41) is 17.3. The minimum absolute atomic E-state index is 0.0613. The lowest BCUT2D eigenvalue weighted by molar-refractivity contribution is 0.0921. The van der Waals surface area contributed by atoms with Crippen LogP contribution in [0.4, 0.5) is 0 Å². The highest BCUT2D eigenvalue weighted by atomic mass is 16.3. The summed E-state index contributed by atoms with van der Waals surface area (Å²) in [4.78, 5) is 0. The first-order valence-corrected chi connectivity index (χ1v) is 5.98. The summed E-state index contributed by atoms with van der Waals surface area (Å²) in [5.74, 6) is 0. The number of hydrogen-bond acceptors (Lipinski definition) is 4. The molecule has 0 bridgehead atoms. The first kappa shape index (κ1) is 14.1. The van der Waals surface area contributed by atoms with Gasteiger partial charge in [-0.1, -0.05) is 32.9 Å². The van der Waals surface area contributed by atoms with Crippen LogP contribution in [0.25, 0.3) is 0 Å². The molecule has 1 aromatic rings. The first-order valence-electron chi connectivity index (χ1n) is 5.98. The van der Waals surface area contributed by atoms with Crippen molar-refractivity contribution in [3.63, 3.8) is 0 Å². The molecule has 98 valence electrons. The van der Waals surface area contributed by atoms with Crippen molar-refractivity contribution in [3.8, 4) is 0 Å². The van der Waals surface area contributed by atoms with E-state index in [4.69, 9.17) is 5.73 Å². The van der Waals surface area contributed by atoms with Crippen LogP contribution >= 0.6 is 0 Å². The lowest BCUT2D eigenvalue weighted by Gasteiger charge is -2.33. The van der Waals surface area contributed by atoms with E-state index in [1.165, 1.54) is 0 Å². The van der Waals surface area contributed by atoms with Crippen molar-refractivity contribution in [2.45, 2.75) is 47.2 Å². The van der Waals surface area contributed by atoms with Crippen LogP contribution in [0.2, 0.25) is 0 Å². The zero-order valence-corrected chi connectivity index (χ0v) is 11.3. The highest BCUT2D eigenvalue weighted by molar-refractivity contribution is 4.91. The Balaban J connectivity index is 2.65. The average molecular weight is 240 g/mol. The van der Waals surface area contributed by atoms with Crippen molar-refractivity contribution >= 4 is 0 Å². The molecule has 0 aliphatic carbocycles. The monoisotopic (exact) mass is 240 g/mol. The molecule has 0 fully saturated rings. The lowest BCUT2D eigenvalue weighted by atomic mass is 9.75. The Bertz CT molecular complexity index is 357. The van der Waals surface area contributed by atoms with Gasteiger partial charge in [0.2, 0.25) is 0 Å². The molecule has 0 unspecified atom stereocenters. The first-order chi connectivity index (χ1) is 7.78. The molecule has 0 amide bonds. The molecule has 0 radical (unpaired) electrons. The van der Waals surface area contributed by atoms with Crippen LogP contribution in [-0.4, -0.2) is 26.7 Å². The standard InChI is InChI=1S/C12H24N4O/c1-11(2,7-12(3,4)9-17)8-16-6-10(5-13)14-15-16/h6,17H,5,7-9,13H2,1-4H3. The molecule has 0 atom stereocenters. The molecule has 0 spiro atoms. The Morgan fingerprint density at radius 3 is 2.41 bits per heavy atom. The van der Waals surface area contributed by atoms with E-state index < -0.39 is 0 Å². The molecule has 0 saturated carbocycles. The largest absolute Gasteiger partial charge is 0.396 e. The number of aromatic nitrogens is 3. The fraction of sp³-hybridized carbons (Fsp3) is 0.833. The Morgan fingerprint density at radius 2 is 1.94 bits per heavy atom. The summed E-state index contributed by atoms with van der Waals surface area (Å²) in [6.07, 6.45) is 2.81. The van der Waals surface area contributed by atoms with Crippen LogP contribution in [0.5, 0.6) is 0 Å². The van der Waals surface area contributed by atoms with E-state index in [0.29, 0.717) is 6.54 Å². The fourth-order valence-electron chi connectivity index (χ4n) is 2.36. The number of aliphatic hydroxyl groups is 1. The third kappa shape index (κ3) is 4.44. The minimum atomic E-state index is -0.0687. The van der Waals surface area contributed by atoms with Gasteiger partial charge in [-0.3, -0.25) is 4.68 Å². The zero-order chi connectivity index (χ0) is 13.1. The van der Waals surface area contributed by atoms with Gasteiger partial charge in [0.1, 0.15) is 0 Å². The third-order valence-electron chi connectivity index (χ3n) is 2.77. The van der Waals surface area contributed by atoms with Gasteiger partial charge in [-0.2, -0.15) is 0 Å². The molecule has 3 N–H and O–H groups in total. The maximum Gasteiger partial charge on any atom is 0.0962 e. The molecule has 0 aromatic carbocycles. The van der Waals surface area contributed by atoms with E-state index in [1.807, 2.05) is 10.9 Å². The van der Waals surface area contributed by atoms with Crippen LogP contribution in [-0.2, 0) is 13.1 Å². The molecule has 5 heteroatoms. The fourth-order valence-corrected chi connectivity index (χ4v) is 2.36. The molecular formula is C12H24N4O. The third-order valence-corrected chi connectivity index (χ3v) is 2.77. The molecule has 1 rings (SSSR count). The molecular weight excluding hydrogens is 216 g/mol. The summed E-state index contributed by atoms with van der Waals surface area (Å²) in [6.45, 7) is 9.89. The highest BCUT2D eigenvalue weighted by Gasteiger charge is 2.29. The average Bonchev–Trinajstić information content (AvgIpc) is 2.63. The Hall–Kier alpha value is -0.940. The van der Waals surface area contributed by atoms with Crippen molar-refractivity contribution in [3.05, 3.63) is 11.9 Å². The second kappa shape index (κ2) is 5.14. The summed E-state index contributed by atoms with van der Waals surface area (Å²) in [5.41, 5.74) is 6.30. The van der Waals surface area contributed by atoms with Gasteiger partial charge < -0.3 is 10.8 Å². The molecule has 0 aliphatic rings. The van der Waals surface area contributed by atoms with Gasteiger partial charge in [0.25, 0.3) is 0 Å². The Morgan fingerprint density at radius 1 is 1.29 bits per heavy atom. The summed E-state index contributed by atoms with van der Waals surface area (Å²) in [7, 11) is 0. The molecule has 0 aliphatic heterocycles. The van der Waals surface area contributed by atoms with Crippen molar-refractivity contribution in [2.75, 3.05) is 6.61 Å². The number of nitrogens with zero attached hydrogens (tertiary/aromatic N) is 3. The van der Waals surface area contributed by atoms with Gasteiger partial charge in [-0.25, -0.2) is 0 Å². The van der Waals surface area contributed by atoms with Crippen LogP contribution in [0.3, 0.4) is 0 Å². The van der Waals surface area contributed by atoms with Gasteiger partial charge in [0, 0.05) is 25.9 Å². The zero-order valence-electron chi connectivity index (χ0n) is 11.3. The van der Waals surface area contributed by atoms with Crippen molar-refractivity contribution in [1.82, 2.24) is 15.0 Å². The van der Waals surface area contributed by atoms with Crippen LogP contribution < -0.4 is 5.73 Å². The van der Waals surface area contributed by atoms with E-state index in [0.717, 1.165) is 18.7 Å². The molecule has 0 saturated heterocycles. The summed E-state index contributed by atoms with van der Waals surface area (Å²) < 4.78 is 1.83. The van der Waals surface area contributed by atoms with Gasteiger partial charge >= 0.3 is 0 Å². The summed E-state index contributed by atoms with van der Waals surface area (Å²) in [6, 6.07) is 0. The van der Waals surface area contributed by atoms with E-state index >= 15 is 0 Å². The van der Waals surface area contributed by atoms with Gasteiger partial charge in [0.15, 0.2) is 0 Å².